The molecule has 0 aromatic rings. The SMILES string of the molecule is C/C(N)=N\C(=C/S)C(F)F. The summed E-state index contributed by atoms with van der Waals surface area (Å²) in [4.78, 5) is 3.32. The fourth-order valence-electron chi connectivity index (χ4n) is 0.338. The van der Waals surface area contributed by atoms with Gasteiger partial charge >= 0.3 is 0 Å². The average molecular weight is 166 g/mol. The summed E-state index contributed by atoms with van der Waals surface area (Å²) in [5.74, 6) is 0.0978. The van der Waals surface area contributed by atoms with E-state index in [1.807, 2.05) is 0 Å². The number of hydrogen-bond acceptors (Lipinski definition) is 2. The highest BCUT2D eigenvalue weighted by atomic mass is 32.1. The van der Waals surface area contributed by atoms with Crippen LogP contribution < -0.4 is 5.73 Å². The molecule has 0 spiro atoms. The molecule has 0 aliphatic rings. The number of nitrogens with zero attached hydrogens (tertiary/aromatic N) is 1. The Labute approximate surface area is 63.2 Å². The van der Waals surface area contributed by atoms with Crippen LogP contribution in [0, 0.1) is 0 Å². The molecule has 0 aromatic carbocycles. The molecule has 0 fully saturated rings. The van der Waals surface area contributed by atoms with Crippen LogP contribution in [0.2, 0.25) is 0 Å². The van der Waals surface area contributed by atoms with Gasteiger partial charge in [0.2, 0.25) is 0 Å². The number of allylic oxidation sites excluding steroid dienone is 1. The normalized spacial score (nSPS) is 14.5. The Hall–Kier alpha value is -0.580. The highest BCUT2D eigenvalue weighted by molar-refractivity contribution is 7.83. The monoisotopic (exact) mass is 166 g/mol. The van der Waals surface area contributed by atoms with Crippen LogP contribution in [-0.4, -0.2) is 12.3 Å². The number of rotatable bonds is 2. The number of amidine groups is 1. The molecule has 0 heterocycles. The lowest BCUT2D eigenvalue weighted by Crippen LogP contribution is -2.07. The Balaban J connectivity index is 4.26. The summed E-state index contributed by atoms with van der Waals surface area (Å²) < 4.78 is 23.6. The van der Waals surface area contributed by atoms with Crippen molar-refractivity contribution < 1.29 is 8.78 Å². The first-order chi connectivity index (χ1) is 4.57. The number of halogens is 2. The van der Waals surface area contributed by atoms with E-state index >= 15 is 0 Å². The number of alkyl halides is 2. The molecule has 0 bridgehead atoms. The summed E-state index contributed by atoms with van der Waals surface area (Å²) >= 11 is 3.52. The maximum atomic E-state index is 11.8. The molecule has 2 N–H and O–H groups in total. The Morgan fingerprint density at radius 1 is 1.70 bits per heavy atom. The number of nitrogens with two attached hydrogens (primary N) is 1. The first kappa shape index (κ1) is 9.42. The third kappa shape index (κ3) is 3.45. The largest absolute Gasteiger partial charge is 0.387 e. The molecule has 5 heteroatoms. The molecule has 0 rings (SSSR count). The van der Waals surface area contributed by atoms with Crippen LogP contribution in [0.1, 0.15) is 6.92 Å². The standard InChI is InChI=1S/C5H8F2N2S/c1-3(8)9-4(2-10)5(6)7/h2,5,10H,1H3,(H2,8,9)/b4-2-. The summed E-state index contributed by atoms with van der Waals surface area (Å²) in [5.41, 5.74) is 4.63. The quantitative estimate of drug-likeness (QED) is 0.363. The van der Waals surface area contributed by atoms with Gasteiger partial charge in [0.25, 0.3) is 6.43 Å². The van der Waals surface area contributed by atoms with E-state index in [9.17, 15) is 8.78 Å². The van der Waals surface area contributed by atoms with Gasteiger partial charge in [-0.25, -0.2) is 13.8 Å². The highest BCUT2D eigenvalue weighted by Gasteiger charge is 2.07. The summed E-state index contributed by atoms with van der Waals surface area (Å²) in [5, 5.41) is 0.932. The second-order valence-electron chi connectivity index (χ2n) is 1.61. The molecule has 10 heavy (non-hydrogen) atoms. The van der Waals surface area contributed by atoms with Crippen molar-refractivity contribution >= 4 is 18.5 Å². The maximum Gasteiger partial charge on any atom is 0.280 e. The van der Waals surface area contributed by atoms with E-state index in [1.165, 1.54) is 6.92 Å². The molecule has 2 nitrogen and oxygen atoms in total. The molecule has 0 aliphatic heterocycles. The first-order valence-corrected chi connectivity index (χ1v) is 3.02. The van der Waals surface area contributed by atoms with Gasteiger partial charge in [-0.15, -0.1) is 12.6 Å². The molecule has 0 aromatic heterocycles. The predicted molar refractivity (Wildman–Crippen MR) is 40.4 cm³/mol. The van der Waals surface area contributed by atoms with Crippen molar-refractivity contribution in [2.24, 2.45) is 10.7 Å². The van der Waals surface area contributed by atoms with Gasteiger partial charge in [0.05, 0.1) is 5.84 Å². The van der Waals surface area contributed by atoms with Crippen molar-refractivity contribution in [1.29, 1.82) is 0 Å². The molecule has 0 saturated heterocycles. The maximum absolute atomic E-state index is 11.8. The van der Waals surface area contributed by atoms with Crippen LogP contribution >= 0.6 is 12.6 Å². The molecule has 58 valence electrons. The van der Waals surface area contributed by atoms with E-state index in [0.717, 1.165) is 5.41 Å². The highest BCUT2D eigenvalue weighted by Crippen LogP contribution is 2.10. The summed E-state index contributed by atoms with van der Waals surface area (Å²) in [6, 6.07) is 0. The van der Waals surface area contributed by atoms with Crippen molar-refractivity contribution in [2.75, 3.05) is 0 Å². The minimum absolute atomic E-state index is 0.0978. The van der Waals surface area contributed by atoms with Crippen LogP contribution in [0.15, 0.2) is 16.1 Å². The van der Waals surface area contributed by atoms with Crippen LogP contribution in [-0.2, 0) is 0 Å². The Bertz CT molecular complexity index is 161. The van der Waals surface area contributed by atoms with Gasteiger partial charge in [0.15, 0.2) is 0 Å². The predicted octanol–water partition coefficient (Wildman–Crippen LogP) is 1.40. The van der Waals surface area contributed by atoms with Gasteiger partial charge in [-0.3, -0.25) is 0 Å². The fraction of sp³-hybridized carbons (Fsp3) is 0.400. The minimum Gasteiger partial charge on any atom is -0.387 e. The zero-order chi connectivity index (χ0) is 8.15. The van der Waals surface area contributed by atoms with Crippen LogP contribution in [0.5, 0.6) is 0 Å². The van der Waals surface area contributed by atoms with Gasteiger partial charge in [-0.05, 0) is 12.3 Å². The van der Waals surface area contributed by atoms with Crippen molar-refractivity contribution in [1.82, 2.24) is 0 Å². The van der Waals surface area contributed by atoms with E-state index in [4.69, 9.17) is 5.73 Å². The summed E-state index contributed by atoms with van der Waals surface area (Å²) in [6.07, 6.45) is -2.61. The smallest absolute Gasteiger partial charge is 0.280 e. The number of hydrogen-bond donors (Lipinski definition) is 2. The van der Waals surface area contributed by atoms with E-state index < -0.39 is 12.1 Å². The molecular formula is C5H8F2N2S. The average Bonchev–Trinajstić information content (AvgIpc) is 1.81. The fourth-order valence-corrected chi connectivity index (χ4v) is 0.508. The van der Waals surface area contributed by atoms with Crippen LogP contribution in [0.25, 0.3) is 0 Å². The molecule has 0 saturated carbocycles. The van der Waals surface area contributed by atoms with E-state index in [1.54, 1.807) is 0 Å². The Morgan fingerprint density at radius 2 is 2.20 bits per heavy atom. The van der Waals surface area contributed by atoms with E-state index in [2.05, 4.69) is 17.6 Å². The van der Waals surface area contributed by atoms with Crippen molar-refractivity contribution in [3.05, 3.63) is 11.1 Å². The summed E-state index contributed by atoms with van der Waals surface area (Å²) in [6.45, 7) is 1.43. The zero-order valence-electron chi connectivity index (χ0n) is 5.38. The lowest BCUT2D eigenvalue weighted by molar-refractivity contribution is 0.188. The van der Waals surface area contributed by atoms with Crippen LogP contribution in [0.4, 0.5) is 8.78 Å². The van der Waals surface area contributed by atoms with Gasteiger partial charge in [0.1, 0.15) is 5.70 Å². The second kappa shape index (κ2) is 4.27. The Kier molecular flexibility index (Phi) is 4.02. The molecule has 0 aliphatic carbocycles. The van der Waals surface area contributed by atoms with E-state index in [-0.39, 0.29) is 5.84 Å². The molecule has 0 radical (unpaired) electrons. The van der Waals surface area contributed by atoms with Gasteiger partial charge in [0, 0.05) is 0 Å². The van der Waals surface area contributed by atoms with Gasteiger partial charge < -0.3 is 5.73 Å². The molecule has 0 atom stereocenters. The van der Waals surface area contributed by atoms with Gasteiger partial charge in [-0.1, -0.05) is 0 Å². The molecule has 0 amide bonds. The van der Waals surface area contributed by atoms with Crippen molar-refractivity contribution in [3.8, 4) is 0 Å². The first-order valence-electron chi connectivity index (χ1n) is 2.51. The minimum atomic E-state index is -2.61. The third-order valence-corrected chi connectivity index (χ3v) is 0.926. The second-order valence-corrected chi connectivity index (χ2v) is 1.87. The Morgan fingerprint density at radius 3 is 2.30 bits per heavy atom. The number of aliphatic imine (C=N–C) groups is 1. The zero-order valence-corrected chi connectivity index (χ0v) is 6.28. The number of thiol groups is 1. The topological polar surface area (TPSA) is 38.4 Å². The third-order valence-electron chi connectivity index (χ3n) is 0.661. The van der Waals surface area contributed by atoms with Crippen LogP contribution in [0.3, 0.4) is 0 Å². The summed E-state index contributed by atoms with van der Waals surface area (Å²) in [7, 11) is 0. The lowest BCUT2D eigenvalue weighted by Gasteiger charge is -1.97. The van der Waals surface area contributed by atoms with Crippen molar-refractivity contribution in [2.45, 2.75) is 13.3 Å². The van der Waals surface area contributed by atoms with Gasteiger partial charge in [-0.2, -0.15) is 0 Å². The van der Waals surface area contributed by atoms with E-state index in [0.29, 0.717) is 0 Å². The van der Waals surface area contributed by atoms with Crippen molar-refractivity contribution in [3.63, 3.8) is 0 Å². The lowest BCUT2D eigenvalue weighted by atomic mass is 10.5. The molecular weight excluding hydrogens is 158 g/mol. The molecule has 0 unspecified atom stereocenters.